The number of aryl methyl sites for hydroxylation is 3. The van der Waals surface area contributed by atoms with E-state index in [1.165, 1.54) is 0 Å². The van der Waals surface area contributed by atoms with Crippen LogP contribution in [0.1, 0.15) is 21.7 Å². The van der Waals surface area contributed by atoms with E-state index in [1.54, 1.807) is 27.5 Å². The van der Waals surface area contributed by atoms with Gasteiger partial charge in [0.25, 0.3) is 5.91 Å². The van der Waals surface area contributed by atoms with Crippen molar-refractivity contribution in [2.75, 3.05) is 7.05 Å². The standard InChI is InChI=1S/C12H17N5O/c1-9-11(8-17(4)13-9)12(18)15(2)7-10-5-6-16(3)14-10/h5-6,8H,7H2,1-4H3. The van der Waals surface area contributed by atoms with Gasteiger partial charge in [-0.2, -0.15) is 10.2 Å². The minimum atomic E-state index is -0.0359. The van der Waals surface area contributed by atoms with Crippen LogP contribution < -0.4 is 0 Å². The molecular weight excluding hydrogens is 230 g/mol. The van der Waals surface area contributed by atoms with Crippen molar-refractivity contribution in [3.8, 4) is 0 Å². The Morgan fingerprint density at radius 1 is 1.33 bits per heavy atom. The number of amides is 1. The molecule has 2 aromatic rings. The van der Waals surface area contributed by atoms with E-state index in [0.717, 1.165) is 11.4 Å². The first-order valence-corrected chi connectivity index (χ1v) is 5.71. The van der Waals surface area contributed by atoms with Crippen LogP contribution in [-0.2, 0) is 20.6 Å². The molecule has 0 atom stereocenters. The summed E-state index contributed by atoms with van der Waals surface area (Å²) in [6.45, 7) is 2.33. The minimum Gasteiger partial charge on any atom is -0.336 e. The second kappa shape index (κ2) is 4.64. The van der Waals surface area contributed by atoms with Gasteiger partial charge in [0.1, 0.15) is 0 Å². The molecule has 2 heterocycles. The molecule has 0 saturated carbocycles. The molecule has 2 rings (SSSR count). The lowest BCUT2D eigenvalue weighted by Crippen LogP contribution is -2.26. The Balaban J connectivity index is 2.11. The van der Waals surface area contributed by atoms with Crippen molar-refractivity contribution >= 4 is 5.91 Å². The molecule has 0 bridgehead atoms. The van der Waals surface area contributed by atoms with Gasteiger partial charge in [0.05, 0.1) is 23.5 Å². The average Bonchev–Trinajstić information content (AvgIpc) is 2.84. The van der Waals surface area contributed by atoms with Gasteiger partial charge in [-0.05, 0) is 13.0 Å². The van der Waals surface area contributed by atoms with E-state index in [2.05, 4.69) is 10.2 Å². The molecule has 6 nitrogen and oxygen atoms in total. The number of hydrogen-bond acceptors (Lipinski definition) is 3. The number of hydrogen-bond donors (Lipinski definition) is 0. The van der Waals surface area contributed by atoms with Crippen LogP contribution in [0.4, 0.5) is 0 Å². The molecule has 0 fully saturated rings. The van der Waals surface area contributed by atoms with Crippen LogP contribution in [0.3, 0.4) is 0 Å². The minimum absolute atomic E-state index is 0.0359. The maximum atomic E-state index is 12.2. The number of carbonyl (C=O) groups excluding carboxylic acids is 1. The number of aromatic nitrogens is 4. The Hall–Kier alpha value is -2.11. The SMILES string of the molecule is Cc1nn(C)cc1C(=O)N(C)Cc1ccn(C)n1. The second-order valence-electron chi connectivity index (χ2n) is 4.44. The Labute approximate surface area is 106 Å². The van der Waals surface area contributed by atoms with Gasteiger partial charge in [-0.1, -0.05) is 0 Å². The summed E-state index contributed by atoms with van der Waals surface area (Å²) in [4.78, 5) is 13.9. The lowest BCUT2D eigenvalue weighted by Gasteiger charge is -2.15. The molecule has 0 saturated heterocycles. The molecule has 2 aromatic heterocycles. The number of nitrogens with zero attached hydrogens (tertiary/aromatic N) is 5. The summed E-state index contributed by atoms with van der Waals surface area (Å²) in [6, 6.07) is 1.90. The van der Waals surface area contributed by atoms with Gasteiger partial charge in [0, 0.05) is 33.5 Å². The highest BCUT2D eigenvalue weighted by molar-refractivity contribution is 5.94. The fraction of sp³-hybridized carbons (Fsp3) is 0.417. The monoisotopic (exact) mass is 247 g/mol. The normalized spacial score (nSPS) is 10.7. The van der Waals surface area contributed by atoms with E-state index in [4.69, 9.17) is 0 Å². The summed E-state index contributed by atoms with van der Waals surface area (Å²) in [5.74, 6) is -0.0359. The summed E-state index contributed by atoms with van der Waals surface area (Å²) in [6.07, 6.45) is 3.61. The van der Waals surface area contributed by atoms with Gasteiger partial charge in [-0.15, -0.1) is 0 Å². The van der Waals surface area contributed by atoms with E-state index in [1.807, 2.05) is 33.3 Å². The van der Waals surface area contributed by atoms with Gasteiger partial charge in [0.15, 0.2) is 0 Å². The predicted molar refractivity (Wildman–Crippen MR) is 67.0 cm³/mol. The third-order valence-electron chi connectivity index (χ3n) is 2.76. The zero-order valence-electron chi connectivity index (χ0n) is 11.1. The Kier molecular flexibility index (Phi) is 3.18. The zero-order chi connectivity index (χ0) is 13.3. The van der Waals surface area contributed by atoms with Crippen LogP contribution in [0.25, 0.3) is 0 Å². The van der Waals surface area contributed by atoms with Gasteiger partial charge in [0.2, 0.25) is 0 Å². The van der Waals surface area contributed by atoms with Crippen molar-refractivity contribution < 1.29 is 4.79 Å². The highest BCUT2D eigenvalue weighted by Crippen LogP contribution is 2.10. The van der Waals surface area contributed by atoms with Crippen molar-refractivity contribution in [2.24, 2.45) is 14.1 Å². The first kappa shape index (κ1) is 12.3. The lowest BCUT2D eigenvalue weighted by molar-refractivity contribution is 0.0782. The Morgan fingerprint density at radius 2 is 2.06 bits per heavy atom. The molecule has 0 spiro atoms. The van der Waals surface area contributed by atoms with E-state index < -0.39 is 0 Å². The molecule has 0 aliphatic heterocycles. The lowest BCUT2D eigenvalue weighted by atomic mass is 10.2. The van der Waals surface area contributed by atoms with Gasteiger partial charge < -0.3 is 4.90 Å². The maximum Gasteiger partial charge on any atom is 0.257 e. The topological polar surface area (TPSA) is 56.0 Å². The maximum absolute atomic E-state index is 12.2. The summed E-state index contributed by atoms with van der Waals surface area (Å²) in [5.41, 5.74) is 2.25. The van der Waals surface area contributed by atoms with Crippen LogP contribution in [0, 0.1) is 6.92 Å². The summed E-state index contributed by atoms with van der Waals surface area (Å²) >= 11 is 0. The first-order chi connectivity index (χ1) is 8.47. The molecule has 0 aromatic carbocycles. The molecule has 0 radical (unpaired) electrons. The molecule has 0 unspecified atom stereocenters. The number of carbonyl (C=O) groups is 1. The molecule has 18 heavy (non-hydrogen) atoms. The molecule has 6 heteroatoms. The third-order valence-corrected chi connectivity index (χ3v) is 2.76. The van der Waals surface area contributed by atoms with E-state index in [0.29, 0.717) is 12.1 Å². The van der Waals surface area contributed by atoms with Crippen LogP contribution in [0.5, 0.6) is 0 Å². The zero-order valence-corrected chi connectivity index (χ0v) is 11.1. The fourth-order valence-corrected chi connectivity index (χ4v) is 1.88. The van der Waals surface area contributed by atoms with Gasteiger partial charge >= 0.3 is 0 Å². The van der Waals surface area contributed by atoms with Gasteiger partial charge in [-0.25, -0.2) is 0 Å². The van der Waals surface area contributed by atoms with Crippen molar-refractivity contribution in [3.05, 3.63) is 35.4 Å². The molecule has 0 aliphatic carbocycles. The second-order valence-corrected chi connectivity index (χ2v) is 4.44. The molecule has 1 amide bonds. The van der Waals surface area contributed by atoms with Crippen LogP contribution in [0.2, 0.25) is 0 Å². The summed E-state index contributed by atoms with van der Waals surface area (Å²) in [5, 5.41) is 8.43. The van der Waals surface area contributed by atoms with Crippen LogP contribution >= 0.6 is 0 Å². The molecule has 96 valence electrons. The van der Waals surface area contributed by atoms with Crippen molar-refractivity contribution in [2.45, 2.75) is 13.5 Å². The van der Waals surface area contributed by atoms with Crippen molar-refractivity contribution in [1.82, 2.24) is 24.5 Å². The van der Waals surface area contributed by atoms with E-state index in [-0.39, 0.29) is 5.91 Å². The van der Waals surface area contributed by atoms with E-state index >= 15 is 0 Å². The molecule has 0 N–H and O–H groups in total. The van der Waals surface area contributed by atoms with Crippen molar-refractivity contribution in [1.29, 1.82) is 0 Å². The Morgan fingerprint density at radius 3 is 2.56 bits per heavy atom. The smallest absolute Gasteiger partial charge is 0.257 e. The fourth-order valence-electron chi connectivity index (χ4n) is 1.88. The van der Waals surface area contributed by atoms with Crippen molar-refractivity contribution in [3.63, 3.8) is 0 Å². The van der Waals surface area contributed by atoms with Crippen LogP contribution in [0.15, 0.2) is 18.5 Å². The average molecular weight is 247 g/mol. The molecule has 0 aliphatic rings. The first-order valence-electron chi connectivity index (χ1n) is 5.71. The highest BCUT2D eigenvalue weighted by atomic mass is 16.2. The largest absolute Gasteiger partial charge is 0.336 e. The third kappa shape index (κ3) is 2.42. The summed E-state index contributed by atoms with van der Waals surface area (Å²) < 4.78 is 3.38. The quantitative estimate of drug-likeness (QED) is 0.803. The summed E-state index contributed by atoms with van der Waals surface area (Å²) in [7, 11) is 5.43. The highest BCUT2D eigenvalue weighted by Gasteiger charge is 2.17. The molecular formula is C12H17N5O. The predicted octanol–water partition coefficient (Wildman–Crippen LogP) is 0.734. The Bertz CT molecular complexity index is 569. The van der Waals surface area contributed by atoms with Gasteiger partial charge in [-0.3, -0.25) is 14.2 Å². The van der Waals surface area contributed by atoms with Crippen LogP contribution in [-0.4, -0.2) is 37.4 Å². The number of rotatable bonds is 3. The van der Waals surface area contributed by atoms with E-state index in [9.17, 15) is 4.79 Å².